The van der Waals surface area contributed by atoms with Gasteiger partial charge in [0.1, 0.15) is 11.5 Å². The molecule has 0 aliphatic carbocycles. The van der Waals surface area contributed by atoms with Crippen LogP contribution in [0.5, 0.6) is 0 Å². The summed E-state index contributed by atoms with van der Waals surface area (Å²) in [5.74, 6) is 1.90. The van der Waals surface area contributed by atoms with Crippen LogP contribution < -0.4 is 5.32 Å². The molecule has 2 atom stereocenters. The van der Waals surface area contributed by atoms with Gasteiger partial charge in [0, 0.05) is 6.42 Å². The molecule has 1 fully saturated rings. The second kappa shape index (κ2) is 4.79. The summed E-state index contributed by atoms with van der Waals surface area (Å²) in [5, 5.41) is 12.7. The van der Waals surface area contributed by atoms with Gasteiger partial charge in [-0.15, -0.1) is 0 Å². The second-order valence-electron chi connectivity index (χ2n) is 3.81. The van der Waals surface area contributed by atoms with Crippen molar-refractivity contribution in [2.45, 2.75) is 32.0 Å². The minimum absolute atomic E-state index is 0.0279. The maximum atomic E-state index is 9.50. The standard InChI is InChI=1S/C11H17NO3/c1-2-8-3-4-9(15-8)5-12-10-6-14-7-11(10)13/h3-4,10-13H,2,5-7H2,1H3. The SMILES string of the molecule is CCc1ccc(CNC2COCC2O)o1. The highest BCUT2D eigenvalue weighted by molar-refractivity contribution is 5.07. The van der Waals surface area contributed by atoms with Crippen LogP contribution in [-0.4, -0.2) is 30.5 Å². The number of aliphatic hydroxyl groups is 1. The molecule has 1 saturated heterocycles. The van der Waals surface area contributed by atoms with Gasteiger partial charge in [-0.25, -0.2) is 0 Å². The van der Waals surface area contributed by atoms with Crippen molar-refractivity contribution in [1.82, 2.24) is 5.32 Å². The Balaban J connectivity index is 1.82. The molecule has 0 saturated carbocycles. The van der Waals surface area contributed by atoms with Crippen LogP contribution in [0.2, 0.25) is 0 Å². The Labute approximate surface area is 89.2 Å². The van der Waals surface area contributed by atoms with Crippen molar-refractivity contribution in [3.8, 4) is 0 Å². The lowest BCUT2D eigenvalue weighted by Crippen LogP contribution is -2.38. The zero-order valence-electron chi connectivity index (χ0n) is 8.90. The maximum absolute atomic E-state index is 9.50. The van der Waals surface area contributed by atoms with Crippen LogP contribution >= 0.6 is 0 Å². The topological polar surface area (TPSA) is 54.6 Å². The number of furan rings is 1. The molecule has 15 heavy (non-hydrogen) atoms. The molecule has 0 bridgehead atoms. The smallest absolute Gasteiger partial charge is 0.117 e. The highest BCUT2D eigenvalue weighted by atomic mass is 16.5. The van der Waals surface area contributed by atoms with E-state index < -0.39 is 6.10 Å². The first-order valence-electron chi connectivity index (χ1n) is 5.36. The molecule has 84 valence electrons. The highest BCUT2D eigenvalue weighted by Crippen LogP contribution is 2.10. The monoisotopic (exact) mass is 211 g/mol. The van der Waals surface area contributed by atoms with Gasteiger partial charge in [-0.3, -0.25) is 0 Å². The molecule has 2 heterocycles. The number of ether oxygens (including phenoxy) is 1. The molecular formula is C11H17NO3. The molecule has 2 N–H and O–H groups in total. The lowest BCUT2D eigenvalue weighted by Gasteiger charge is -2.12. The summed E-state index contributed by atoms with van der Waals surface area (Å²) in [7, 11) is 0. The van der Waals surface area contributed by atoms with Gasteiger partial charge in [-0.1, -0.05) is 6.92 Å². The van der Waals surface area contributed by atoms with Gasteiger partial charge in [0.25, 0.3) is 0 Å². The van der Waals surface area contributed by atoms with Gasteiger partial charge in [0.15, 0.2) is 0 Å². The number of aryl methyl sites for hydroxylation is 1. The fourth-order valence-corrected chi connectivity index (χ4v) is 1.68. The first kappa shape index (κ1) is 10.7. The van der Waals surface area contributed by atoms with Crippen molar-refractivity contribution in [3.63, 3.8) is 0 Å². The fraction of sp³-hybridized carbons (Fsp3) is 0.636. The summed E-state index contributed by atoms with van der Waals surface area (Å²) >= 11 is 0. The van der Waals surface area contributed by atoms with E-state index >= 15 is 0 Å². The Morgan fingerprint density at radius 1 is 1.40 bits per heavy atom. The molecule has 1 aliphatic rings. The fourth-order valence-electron chi connectivity index (χ4n) is 1.68. The zero-order valence-corrected chi connectivity index (χ0v) is 8.90. The lowest BCUT2D eigenvalue weighted by molar-refractivity contribution is 0.122. The largest absolute Gasteiger partial charge is 0.465 e. The minimum Gasteiger partial charge on any atom is -0.465 e. The number of aliphatic hydroxyl groups excluding tert-OH is 1. The molecule has 4 heteroatoms. The average Bonchev–Trinajstić information content (AvgIpc) is 2.84. The molecule has 0 spiro atoms. The van der Waals surface area contributed by atoms with E-state index in [4.69, 9.17) is 9.15 Å². The van der Waals surface area contributed by atoms with Gasteiger partial charge >= 0.3 is 0 Å². The third-order valence-corrected chi connectivity index (χ3v) is 2.65. The summed E-state index contributed by atoms with van der Waals surface area (Å²) in [4.78, 5) is 0. The molecule has 1 aromatic rings. The molecule has 0 radical (unpaired) electrons. The third-order valence-electron chi connectivity index (χ3n) is 2.65. The van der Waals surface area contributed by atoms with E-state index in [1.807, 2.05) is 12.1 Å². The maximum Gasteiger partial charge on any atom is 0.117 e. The van der Waals surface area contributed by atoms with Crippen LogP contribution in [0.25, 0.3) is 0 Å². The normalized spacial score (nSPS) is 26.0. The van der Waals surface area contributed by atoms with Crippen molar-refractivity contribution >= 4 is 0 Å². The number of nitrogens with one attached hydrogen (secondary N) is 1. The Bertz CT molecular complexity index is 311. The van der Waals surface area contributed by atoms with Crippen LogP contribution in [0.3, 0.4) is 0 Å². The predicted octanol–water partition coefficient (Wildman–Crippen LogP) is 0.691. The summed E-state index contributed by atoms with van der Waals surface area (Å²) in [6, 6.07) is 3.98. The molecule has 0 amide bonds. The summed E-state index contributed by atoms with van der Waals surface area (Å²) < 4.78 is 10.7. The number of hydrogen-bond donors (Lipinski definition) is 2. The van der Waals surface area contributed by atoms with Gasteiger partial charge in [0.2, 0.25) is 0 Å². The molecule has 1 aliphatic heterocycles. The lowest BCUT2D eigenvalue weighted by atomic mass is 10.2. The Hall–Kier alpha value is -0.840. The van der Waals surface area contributed by atoms with Crippen molar-refractivity contribution in [3.05, 3.63) is 23.7 Å². The zero-order chi connectivity index (χ0) is 10.7. The van der Waals surface area contributed by atoms with E-state index in [1.54, 1.807) is 0 Å². The first-order chi connectivity index (χ1) is 7.29. The predicted molar refractivity (Wildman–Crippen MR) is 55.5 cm³/mol. The van der Waals surface area contributed by atoms with Crippen LogP contribution in [-0.2, 0) is 17.7 Å². The molecule has 4 nitrogen and oxygen atoms in total. The van der Waals surface area contributed by atoms with E-state index in [0.29, 0.717) is 19.8 Å². The number of hydrogen-bond acceptors (Lipinski definition) is 4. The third kappa shape index (κ3) is 2.59. The van der Waals surface area contributed by atoms with Crippen LogP contribution in [0.15, 0.2) is 16.5 Å². The van der Waals surface area contributed by atoms with Gasteiger partial charge < -0.3 is 19.6 Å². The average molecular weight is 211 g/mol. The summed E-state index contributed by atoms with van der Waals surface area (Å²) in [5.41, 5.74) is 0. The van der Waals surface area contributed by atoms with Crippen molar-refractivity contribution in [1.29, 1.82) is 0 Å². The van der Waals surface area contributed by atoms with E-state index in [9.17, 15) is 5.11 Å². The Morgan fingerprint density at radius 3 is 2.80 bits per heavy atom. The molecule has 1 aromatic heterocycles. The molecule has 2 unspecified atom stereocenters. The molecule has 0 aromatic carbocycles. The first-order valence-corrected chi connectivity index (χ1v) is 5.36. The summed E-state index contributed by atoms with van der Waals surface area (Å²) in [6.45, 7) is 3.70. The van der Waals surface area contributed by atoms with Crippen LogP contribution in [0, 0.1) is 0 Å². The van der Waals surface area contributed by atoms with E-state index in [2.05, 4.69) is 12.2 Å². The second-order valence-corrected chi connectivity index (χ2v) is 3.81. The van der Waals surface area contributed by atoms with E-state index in [-0.39, 0.29) is 6.04 Å². The van der Waals surface area contributed by atoms with Crippen molar-refractivity contribution in [2.24, 2.45) is 0 Å². The van der Waals surface area contributed by atoms with Crippen LogP contribution in [0.1, 0.15) is 18.4 Å². The highest BCUT2D eigenvalue weighted by Gasteiger charge is 2.25. The van der Waals surface area contributed by atoms with Gasteiger partial charge in [-0.05, 0) is 12.1 Å². The Kier molecular flexibility index (Phi) is 3.41. The Morgan fingerprint density at radius 2 is 2.20 bits per heavy atom. The van der Waals surface area contributed by atoms with E-state index in [0.717, 1.165) is 17.9 Å². The minimum atomic E-state index is -0.398. The number of rotatable bonds is 4. The van der Waals surface area contributed by atoms with Gasteiger partial charge in [0.05, 0.1) is 31.9 Å². The molecule has 2 rings (SSSR count). The van der Waals surface area contributed by atoms with Crippen LogP contribution in [0.4, 0.5) is 0 Å². The molecular weight excluding hydrogens is 194 g/mol. The summed E-state index contributed by atoms with van der Waals surface area (Å²) in [6.07, 6.45) is 0.514. The van der Waals surface area contributed by atoms with Crippen molar-refractivity contribution < 1.29 is 14.3 Å². The van der Waals surface area contributed by atoms with Crippen molar-refractivity contribution in [2.75, 3.05) is 13.2 Å². The van der Waals surface area contributed by atoms with Gasteiger partial charge in [-0.2, -0.15) is 0 Å². The van der Waals surface area contributed by atoms with E-state index in [1.165, 1.54) is 0 Å². The quantitative estimate of drug-likeness (QED) is 0.769.